The Morgan fingerprint density at radius 3 is 2.55 bits per heavy atom. The summed E-state index contributed by atoms with van der Waals surface area (Å²) in [7, 11) is 0. The van der Waals surface area contributed by atoms with Gasteiger partial charge in [0.15, 0.2) is 5.76 Å². The minimum atomic E-state index is 0.221. The summed E-state index contributed by atoms with van der Waals surface area (Å²) in [6.07, 6.45) is 2.61. The van der Waals surface area contributed by atoms with E-state index in [2.05, 4.69) is 34.7 Å². The van der Waals surface area contributed by atoms with Crippen molar-refractivity contribution in [3.63, 3.8) is 0 Å². The molecule has 0 bridgehead atoms. The molecule has 1 heterocycles. The van der Waals surface area contributed by atoms with Crippen molar-refractivity contribution in [2.24, 2.45) is 0 Å². The minimum absolute atomic E-state index is 0.221. The predicted octanol–water partition coefficient (Wildman–Crippen LogP) is 5.19. The number of hydrogen-bond acceptors (Lipinski definition) is 3. The molecule has 3 aromatic rings. The fourth-order valence-electron chi connectivity index (χ4n) is 2.57. The van der Waals surface area contributed by atoms with Crippen LogP contribution in [0.25, 0.3) is 22.5 Å². The molecular formula is C18H16INO2. The predicted molar refractivity (Wildman–Crippen MR) is 95.9 cm³/mol. The van der Waals surface area contributed by atoms with Crippen LogP contribution < -0.4 is 0 Å². The molecule has 0 aliphatic heterocycles. The Morgan fingerprint density at radius 1 is 1.14 bits per heavy atom. The van der Waals surface area contributed by atoms with E-state index in [4.69, 9.17) is 4.52 Å². The van der Waals surface area contributed by atoms with E-state index in [0.717, 1.165) is 23.1 Å². The second kappa shape index (κ2) is 6.12. The van der Waals surface area contributed by atoms with Gasteiger partial charge in [-0.25, -0.2) is 0 Å². The Bertz CT molecular complexity index is 806. The summed E-state index contributed by atoms with van der Waals surface area (Å²) >= 11 is 2.27. The van der Waals surface area contributed by atoms with Crippen LogP contribution in [0.3, 0.4) is 0 Å². The maximum Gasteiger partial charge on any atom is 0.178 e. The van der Waals surface area contributed by atoms with Crippen molar-refractivity contribution in [1.82, 2.24) is 5.16 Å². The third-order valence-corrected chi connectivity index (χ3v) is 4.52. The van der Waals surface area contributed by atoms with Crippen LogP contribution in [0.2, 0.25) is 0 Å². The van der Waals surface area contributed by atoms with Crippen LogP contribution in [0.15, 0.2) is 47.1 Å². The molecule has 22 heavy (non-hydrogen) atoms. The van der Waals surface area contributed by atoms with Gasteiger partial charge in [0.25, 0.3) is 0 Å². The largest absolute Gasteiger partial charge is 0.507 e. The minimum Gasteiger partial charge on any atom is -0.507 e. The number of rotatable bonds is 3. The van der Waals surface area contributed by atoms with Crippen molar-refractivity contribution in [2.75, 3.05) is 0 Å². The van der Waals surface area contributed by atoms with Crippen LogP contribution in [0, 0.1) is 10.5 Å². The first-order chi connectivity index (χ1) is 10.6. The molecule has 3 nitrogen and oxygen atoms in total. The third-order valence-electron chi connectivity index (χ3n) is 3.81. The van der Waals surface area contributed by atoms with Gasteiger partial charge in [0.05, 0.1) is 11.8 Å². The molecule has 0 unspecified atom stereocenters. The fourth-order valence-corrected chi connectivity index (χ4v) is 2.93. The van der Waals surface area contributed by atoms with Gasteiger partial charge in [0, 0.05) is 9.13 Å². The Balaban J connectivity index is 2.15. The summed E-state index contributed by atoms with van der Waals surface area (Å²) in [4.78, 5) is 0. The molecule has 0 radical (unpaired) electrons. The summed E-state index contributed by atoms with van der Waals surface area (Å²) in [6, 6.07) is 11.9. The van der Waals surface area contributed by atoms with Gasteiger partial charge >= 0.3 is 0 Å². The number of aromatic hydroxyl groups is 1. The maximum absolute atomic E-state index is 10.3. The third kappa shape index (κ3) is 2.75. The van der Waals surface area contributed by atoms with Gasteiger partial charge in [-0.3, -0.25) is 0 Å². The van der Waals surface area contributed by atoms with Crippen molar-refractivity contribution in [3.8, 4) is 28.2 Å². The number of halogens is 1. The van der Waals surface area contributed by atoms with E-state index in [-0.39, 0.29) is 5.75 Å². The summed E-state index contributed by atoms with van der Waals surface area (Å²) < 4.78 is 6.62. The molecule has 0 aliphatic rings. The average Bonchev–Trinajstić information content (AvgIpc) is 2.97. The second-order valence-corrected chi connectivity index (χ2v) is 6.47. The maximum atomic E-state index is 10.3. The monoisotopic (exact) mass is 405 g/mol. The van der Waals surface area contributed by atoms with Crippen molar-refractivity contribution >= 4 is 22.6 Å². The lowest BCUT2D eigenvalue weighted by Gasteiger charge is -2.09. The number of nitrogens with zero attached hydrogens (tertiary/aromatic N) is 1. The smallest absolute Gasteiger partial charge is 0.178 e. The number of benzene rings is 2. The highest BCUT2D eigenvalue weighted by Crippen LogP contribution is 2.38. The van der Waals surface area contributed by atoms with E-state index >= 15 is 0 Å². The van der Waals surface area contributed by atoms with E-state index in [1.54, 1.807) is 12.3 Å². The zero-order chi connectivity index (χ0) is 15.7. The topological polar surface area (TPSA) is 46.3 Å². The number of phenols is 1. The summed E-state index contributed by atoms with van der Waals surface area (Å²) in [5.41, 5.74) is 4.87. The molecule has 1 N–H and O–H groups in total. The summed E-state index contributed by atoms with van der Waals surface area (Å²) in [6.45, 7) is 4.10. The Hall–Kier alpha value is -1.82. The van der Waals surface area contributed by atoms with Crippen LogP contribution in [0.1, 0.15) is 18.1 Å². The van der Waals surface area contributed by atoms with Crippen LogP contribution >= 0.6 is 22.6 Å². The molecule has 0 aliphatic carbocycles. The highest BCUT2D eigenvalue weighted by atomic mass is 127. The highest BCUT2D eigenvalue weighted by molar-refractivity contribution is 14.1. The quantitative estimate of drug-likeness (QED) is 0.610. The van der Waals surface area contributed by atoms with Crippen molar-refractivity contribution < 1.29 is 9.63 Å². The van der Waals surface area contributed by atoms with Gasteiger partial charge in [0.2, 0.25) is 0 Å². The normalized spacial score (nSPS) is 10.9. The van der Waals surface area contributed by atoms with Gasteiger partial charge < -0.3 is 9.63 Å². The molecule has 4 heteroatoms. The first-order valence-electron chi connectivity index (χ1n) is 7.13. The molecular weight excluding hydrogens is 389 g/mol. The lowest BCUT2D eigenvalue weighted by atomic mass is 9.97. The van der Waals surface area contributed by atoms with Crippen molar-refractivity contribution in [1.29, 1.82) is 0 Å². The molecule has 0 fully saturated rings. The van der Waals surface area contributed by atoms with Crippen LogP contribution in [-0.4, -0.2) is 10.3 Å². The van der Waals surface area contributed by atoms with Gasteiger partial charge in [-0.15, -0.1) is 0 Å². The molecule has 112 valence electrons. The van der Waals surface area contributed by atoms with Crippen LogP contribution in [-0.2, 0) is 6.42 Å². The van der Waals surface area contributed by atoms with Gasteiger partial charge in [-0.05, 0) is 76.9 Å². The fraction of sp³-hybridized carbons (Fsp3) is 0.167. The first-order valence-corrected chi connectivity index (χ1v) is 8.21. The van der Waals surface area contributed by atoms with E-state index in [1.165, 1.54) is 9.13 Å². The number of hydrogen-bond donors (Lipinski definition) is 1. The Kier molecular flexibility index (Phi) is 4.20. The average molecular weight is 405 g/mol. The molecule has 0 spiro atoms. The van der Waals surface area contributed by atoms with E-state index < -0.39 is 0 Å². The second-order valence-electron chi connectivity index (χ2n) is 5.22. The van der Waals surface area contributed by atoms with Gasteiger partial charge in [-0.1, -0.05) is 24.2 Å². The molecule has 2 aromatic carbocycles. The molecule has 0 amide bonds. The zero-order valence-corrected chi connectivity index (χ0v) is 14.6. The van der Waals surface area contributed by atoms with Gasteiger partial charge in [-0.2, -0.15) is 0 Å². The van der Waals surface area contributed by atoms with E-state index in [1.807, 2.05) is 37.3 Å². The molecule has 0 saturated heterocycles. The van der Waals surface area contributed by atoms with Crippen LogP contribution in [0.5, 0.6) is 5.75 Å². The molecule has 0 atom stereocenters. The van der Waals surface area contributed by atoms with E-state index in [9.17, 15) is 5.11 Å². The zero-order valence-electron chi connectivity index (χ0n) is 12.4. The number of aryl methyl sites for hydroxylation is 2. The highest BCUT2D eigenvalue weighted by Gasteiger charge is 2.17. The van der Waals surface area contributed by atoms with E-state index in [0.29, 0.717) is 11.3 Å². The van der Waals surface area contributed by atoms with Crippen molar-refractivity contribution in [3.05, 3.63) is 57.3 Å². The standard InChI is InChI=1S/C18H16INO2/c1-3-12-9-15(17(21)8-11(12)2)18-16(10-20-22-18)13-4-6-14(19)7-5-13/h4-10,21H,3H2,1-2H3. The molecule has 3 rings (SSSR count). The number of phenolic OH excluding ortho intramolecular Hbond substituents is 1. The van der Waals surface area contributed by atoms with Gasteiger partial charge in [0.1, 0.15) is 5.75 Å². The molecule has 0 saturated carbocycles. The SMILES string of the molecule is CCc1cc(-c2oncc2-c2ccc(I)cc2)c(O)cc1C. The number of aromatic nitrogens is 1. The summed E-state index contributed by atoms with van der Waals surface area (Å²) in [5.74, 6) is 0.826. The van der Waals surface area contributed by atoms with Crippen molar-refractivity contribution in [2.45, 2.75) is 20.3 Å². The lowest BCUT2D eigenvalue weighted by Crippen LogP contribution is -1.89. The molecule has 1 aromatic heterocycles. The Morgan fingerprint density at radius 2 is 1.86 bits per heavy atom. The Labute approximate surface area is 143 Å². The summed E-state index contributed by atoms with van der Waals surface area (Å²) in [5, 5.41) is 14.2. The first kappa shape index (κ1) is 15.1. The van der Waals surface area contributed by atoms with Crippen LogP contribution in [0.4, 0.5) is 0 Å². The lowest BCUT2D eigenvalue weighted by molar-refractivity contribution is 0.426.